The molecule has 0 aliphatic rings. The molecule has 3 nitrogen and oxygen atoms in total. The number of carbonyl (C=O) groups excluding carboxylic acids is 2. The average molecular weight is 239 g/mol. The molecule has 18 heavy (non-hydrogen) atoms. The molecule has 1 unspecified atom stereocenters. The molecule has 0 spiro atoms. The van der Waals surface area contributed by atoms with Crippen LogP contribution in [0, 0.1) is 0 Å². The van der Waals surface area contributed by atoms with Crippen molar-refractivity contribution in [3.8, 4) is 11.1 Å². The number of carbonyl (C=O) groups is 2. The van der Waals surface area contributed by atoms with Crippen molar-refractivity contribution >= 4 is 12.2 Å². The number of nitrogens with two attached hydrogens (primary N) is 1. The number of aldehydes is 1. The molecule has 1 amide bonds. The fraction of sp³-hybridized carbons (Fsp3) is 0.0667. The molecule has 2 aromatic carbocycles. The van der Waals surface area contributed by atoms with Gasteiger partial charge in [0.2, 0.25) is 5.91 Å². The van der Waals surface area contributed by atoms with Gasteiger partial charge < -0.3 is 10.5 Å². The van der Waals surface area contributed by atoms with Crippen LogP contribution in [0.4, 0.5) is 0 Å². The Morgan fingerprint density at radius 2 is 1.50 bits per heavy atom. The van der Waals surface area contributed by atoms with Crippen LogP contribution in [-0.2, 0) is 9.59 Å². The largest absolute Gasteiger partial charge is 0.369 e. The number of primary amides is 1. The smallest absolute Gasteiger partial charge is 0.232 e. The van der Waals surface area contributed by atoms with Gasteiger partial charge in [0.05, 0.1) is 0 Å². The summed E-state index contributed by atoms with van der Waals surface area (Å²) in [6.07, 6.45) is 0.569. The summed E-state index contributed by atoms with van der Waals surface area (Å²) >= 11 is 0. The molecule has 0 fully saturated rings. The first kappa shape index (κ1) is 12.0. The first-order chi connectivity index (χ1) is 8.72. The summed E-state index contributed by atoms with van der Waals surface area (Å²) in [7, 11) is 0. The predicted octanol–water partition coefficient (Wildman–Crippen LogP) is 2.12. The number of benzene rings is 2. The summed E-state index contributed by atoms with van der Waals surface area (Å²) in [5, 5.41) is 0. The summed E-state index contributed by atoms with van der Waals surface area (Å²) in [5.74, 6) is -1.49. The van der Waals surface area contributed by atoms with Gasteiger partial charge in [-0.3, -0.25) is 4.79 Å². The van der Waals surface area contributed by atoms with E-state index in [0.717, 1.165) is 11.1 Å². The molecule has 1 atom stereocenters. The minimum Gasteiger partial charge on any atom is -0.369 e. The molecule has 0 heterocycles. The Labute approximate surface area is 105 Å². The lowest BCUT2D eigenvalue weighted by molar-refractivity contribution is -0.123. The third-order valence-electron chi connectivity index (χ3n) is 2.82. The molecule has 0 radical (unpaired) electrons. The Balaban J connectivity index is 2.31. The minimum atomic E-state index is -0.866. The van der Waals surface area contributed by atoms with E-state index >= 15 is 0 Å². The molecule has 0 aromatic heterocycles. The van der Waals surface area contributed by atoms with Gasteiger partial charge in [-0.05, 0) is 16.7 Å². The van der Waals surface area contributed by atoms with Crippen LogP contribution in [0.1, 0.15) is 11.5 Å². The van der Waals surface area contributed by atoms with Crippen molar-refractivity contribution in [2.45, 2.75) is 5.92 Å². The highest BCUT2D eigenvalue weighted by atomic mass is 16.2. The molecule has 90 valence electrons. The van der Waals surface area contributed by atoms with Gasteiger partial charge >= 0.3 is 0 Å². The van der Waals surface area contributed by atoms with E-state index in [2.05, 4.69) is 0 Å². The monoisotopic (exact) mass is 239 g/mol. The Hall–Kier alpha value is -2.42. The standard InChI is InChI=1S/C15H13NO2/c16-15(18)14(10-17)13-8-6-12(7-9-13)11-4-2-1-3-5-11/h1-10,14H,(H2,16,18). The Morgan fingerprint density at radius 3 is 2.00 bits per heavy atom. The summed E-state index contributed by atoms with van der Waals surface area (Å²) in [5.41, 5.74) is 7.90. The van der Waals surface area contributed by atoms with Gasteiger partial charge in [0.25, 0.3) is 0 Å². The lowest BCUT2D eigenvalue weighted by Crippen LogP contribution is -2.22. The topological polar surface area (TPSA) is 60.2 Å². The highest BCUT2D eigenvalue weighted by Gasteiger charge is 2.16. The molecule has 2 aromatic rings. The summed E-state index contributed by atoms with van der Waals surface area (Å²) < 4.78 is 0. The molecular formula is C15H13NO2. The average Bonchev–Trinajstić information content (AvgIpc) is 2.41. The third kappa shape index (κ3) is 2.46. The third-order valence-corrected chi connectivity index (χ3v) is 2.82. The Morgan fingerprint density at radius 1 is 0.944 bits per heavy atom. The lowest BCUT2D eigenvalue weighted by atomic mass is 9.97. The summed E-state index contributed by atoms with van der Waals surface area (Å²) in [6.45, 7) is 0. The maximum Gasteiger partial charge on any atom is 0.232 e. The van der Waals surface area contributed by atoms with Gasteiger partial charge in [0, 0.05) is 0 Å². The van der Waals surface area contributed by atoms with E-state index in [4.69, 9.17) is 5.73 Å². The normalized spacial score (nSPS) is 11.8. The highest BCUT2D eigenvalue weighted by molar-refractivity contribution is 5.96. The van der Waals surface area contributed by atoms with E-state index in [-0.39, 0.29) is 0 Å². The second kappa shape index (κ2) is 5.27. The maximum atomic E-state index is 11.1. The van der Waals surface area contributed by atoms with Crippen LogP contribution in [0.2, 0.25) is 0 Å². The Bertz CT molecular complexity index is 546. The molecule has 0 saturated carbocycles. The van der Waals surface area contributed by atoms with Crippen molar-refractivity contribution < 1.29 is 9.59 Å². The van der Waals surface area contributed by atoms with E-state index in [1.54, 1.807) is 12.1 Å². The Kier molecular flexibility index (Phi) is 3.53. The van der Waals surface area contributed by atoms with Crippen molar-refractivity contribution in [3.05, 3.63) is 60.2 Å². The zero-order chi connectivity index (χ0) is 13.0. The first-order valence-corrected chi connectivity index (χ1v) is 5.62. The SMILES string of the molecule is NC(=O)C(C=O)c1ccc(-c2ccccc2)cc1. The molecule has 3 heteroatoms. The van der Waals surface area contributed by atoms with Gasteiger partial charge in [-0.1, -0.05) is 54.6 Å². The van der Waals surface area contributed by atoms with Gasteiger partial charge in [-0.15, -0.1) is 0 Å². The van der Waals surface area contributed by atoms with Crippen LogP contribution in [0.5, 0.6) is 0 Å². The van der Waals surface area contributed by atoms with Gasteiger partial charge in [0.15, 0.2) is 0 Å². The molecule has 0 saturated heterocycles. The quantitative estimate of drug-likeness (QED) is 0.656. The second-order valence-electron chi connectivity index (χ2n) is 4.00. The number of rotatable bonds is 4. The summed E-state index contributed by atoms with van der Waals surface area (Å²) in [4.78, 5) is 21.9. The van der Waals surface area contributed by atoms with Crippen molar-refractivity contribution in [2.24, 2.45) is 5.73 Å². The van der Waals surface area contributed by atoms with Crippen molar-refractivity contribution in [3.63, 3.8) is 0 Å². The zero-order valence-corrected chi connectivity index (χ0v) is 9.74. The van der Waals surface area contributed by atoms with Crippen LogP contribution < -0.4 is 5.73 Å². The van der Waals surface area contributed by atoms with Crippen LogP contribution in [-0.4, -0.2) is 12.2 Å². The molecule has 0 aliphatic carbocycles. The van der Waals surface area contributed by atoms with Crippen molar-refractivity contribution in [1.82, 2.24) is 0 Å². The number of amides is 1. The van der Waals surface area contributed by atoms with E-state index in [1.807, 2.05) is 42.5 Å². The lowest BCUT2D eigenvalue weighted by Gasteiger charge is -2.07. The van der Waals surface area contributed by atoms with E-state index in [1.165, 1.54) is 0 Å². The van der Waals surface area contributed by atoms with Crippen LogP contribution in [0.15, 0.2) is 54.6 Å². The molecule has 0 aliphatic heterocycles. The number of hydrogen-bond acceptors (Lipinski definition) is 2. The summed E-state index contributed by atoms with van der Waals surface area (Å²) in [6, 6.07) is 17.1. The van der Waals surface area contributed by atoms with Gasteiger partial charge in [-0.25, -0.2) is 0 Å². The van der Waals surface area contributed by atoms with Gasteiger partial charge in [0.1, 0.15) is 12.2 Å². The second-order valence-corrected chi connectivity index (χ2v) is 4.00. The minimum absolute atomic E-state index is 0.569. The van der Waals surface area contributed by atoms with E-state index < -0.39 is 11.8 Å². The van der Waals surface area contributed by atoms with Crippen LogP contribution in [0.3, 0.4) is 0 Å². The van der Waals surface area contributed by atoms with Crippen LogP contribution >= 0.6 is 0 Å². The zero-order valence-electron chi connectivity index (χ0n) is 9.74. The first-order valence-electron chi connectivity index (χ1n) is 5.62. The molecule has 2 rings (SSSR count). The molecule has 2 N–H and O–H groups in total. The van der Waals surface area contributed by atoms with E-state index in [0.29, 0.717) is 11.8 Å². The maximum absolute atomic E-state index is 11.1. The van der Waals surface area contributed by atoms with Crippen LogP contribution in [0.25, 0.3) is 11.1 Å². The van der Waals surface area contributed by atoms with Crippen molar-refractivity contribution in [2.75, 3.05) is 0 Å². The predicted molar refractivity (Wildman–Crippen MR) is 69.9 cm³/mol. The highest BCUT2D eigenvalue weighted by Crippen LogP contribution is 2.21. The van der Waals surface area contributed by atoms with Gasteiger partial charge in [-0.2, -0.15) is 0 Å². The molecule has 0 bridgehead atoms. The fourth-order valence-electron chi connectivity index (χ4n) is 1.82. The van der Waals surface area contributed by atoms with Crippen molar-refractivity contribution in [1.29, 1.82) is 0 Å². The van der Waals surface area contributed by atoms with E-state index in [9.17, 15) is 9.59 Å². The molecular weight excluding hydrogens is 226 g/mol. The number of hydrogen-bond donors (Lipinski definition) is 1. The fourth-order valence-corrected chi connectivity index (χ4v) is 1.82.